The Labute approximate surface area is 181 Å². The third kappa shape index (κ3) is 4.34. The van der Waals surface area contributed by atoms with Gasteiger partial charge in [-0.3, -0.25) is 9.48 Å². The van der Waals surface area contributed by atoms with Crippen LogP contribution in [0, 0.1) is 30.1 Å². The highest BCUT2D eigenvalue weighted by molar-refractivity contribution is 5.91. The standard InChI is InChI=1S/C22H22F3N5O2/c1-12-10-15(4-5-16(12)19(31)22(23,24)25)28-20-18-17(7-9-27-21(18)32)30(29-20)11-14(6-8-26)13-2-3-13/h4-5,7,9-10,13-14,19,31H,2-3,6,11H2,1H3,(H,27,32)(H,28,29). The zero-order valence-electron chi connectivity index (χ0n) is 17.3. The molecule has 2 atom stereocenters. The number of H-pyrrole nitrogens is 1. The van der Waals surface area contributed by atoms with Crippen LogP contribution < -0.4 is 10.9 Å². The number of hydrogen-bond acceptors (Lipinski definition) is 5. The van der Waals surface area contributed by atoms with Crippen LogP contribution in [0.3, 0.4) is 0 Å². The van der Waals surface area contributed by atoms with Gasteiger partial charge >= 0.3 is 6.18 Å². The summed E-state index contributed by atoms with van der Waals surface area (Å²) in [5.41, 5.74) is 0.715. The largest absolute Gasteiger partial charge is 0.418 e. The lowest BCUT2D eigenvalue weighted by Gasteiger charge is -2.17. The third-order valence-corrected chi connectivity index (χ3v) is 5.86. The molecule has 3 N–H and O–H groups in total. The second-order valence-corrected chi connectivity index (χ2v) is 8.20. The number of aryl methyl sites for hydroxylation is 1. The summed E-state index contributed by atoms with van der Waals surface area (Å²) < 4.78 is 40.3. The predicted octanol–water partition coefficient (Wildman–Crippen LogP) is 4.31. The molecule has 10 heteroatoms. The summed E-state index contributed by atoms with van der Waals surface area (Å²) in [6.45, 7) is 1.97. The molecule has 0 radical (unpaired) electrons. The summed E-state index contributed by atoms with van der Waals surface area (Å²) in [7, 11) is 0. The molecule has 7 nitrogen and oxygen atoms in total. The second kappa shape index (κ2) is 8.31. The number of nitrogens with one attached hydrogen (secondary N) is 2. The summed E-state index contributed by atoms with van der Waals surface area (Å²) >= 11 is 0. The number of rotatable bonds is 7. The van der Waals surface area contributed by atoms with Crippen molar-refractivity contribution in [3.05, 3.63) is 51.9 Å². The molecule has 0 amide bonds. The Morgan fingerprint density at radius 1 is 1.38 bits per heavy atom. The van der Waals surface area contributed by atoms with E-state index in [9.17, 15) is 23.1 Å². The van der Waals surface area contributed by atoms with Crippen LogP contribution in [0.1, 0.15) is 36.5 Å². The average molecular weight is 445 g/mol. The van der Waals surface area contributed by atoms with E-state index in [1.165, 1.54) is 31.3 Å². The van der Waals surface area contributed by atoms with Crippen LogP contribution >= 0.6 is 0 Å². The lowest BCUT2D eigenvalue weighted by atomic mass is 10.0. The van der Waals surface area contributed by atoms with E-state index in [0.717, 1.165) is 12.8 Å². The van der Waals surface area contributed by atoms with Crippen LogP contribution in [0.2, 0.25) is 0 Å². The predicted molar refractivity (Wildman–Crippen MR) is 112 cm³/mol. The number of aliphatic hydroxyl groups is 1. The number of halogens is 3. The molecule has 4 rings (SSSR count). The van der Waals surface area contributed by atoms with Crippen molar-refractivity contribution in [2.24, 2.45) is 11.8 Å². The molecule has 32 heavy (non-hydrogen) atoms. The number of fused-ring (bicyclic) bond motifs is 1. The van der Waals surface area contributed by atoms with Gasteiger partial charge in [-0.15, -0.1) is 0 Å². The van der Waals surface area contributed by atoms with Crippen molar-refractivity contribution in [3.8, 4) is 6.07 Å². The first-order valence-electron chi connectivity index (χ1n) is 10.3. The summed E-state index contributed by atoms with van der Waals surface area (Å²) in [5, 5.41) is 26.6. The Bertz CT molecular complexity index is 1240. The van der Waals surface area contributed by atoms with Crippen LogP contribution in [0.15, 0.2) is 35.3 Å². The van der Waals surface area contributed by atoms with E-state index in [1.54, 1.807) is 10.7 Å². The first-order chi connectivity index (χ1) is 15.2. The molecule has 1 aromatic carbocycles. The Kier molecular flexibility index (Phi) is 5.69. The Morgan fingerprint density at radius 2 is 2.12 bits per heavy atom. The minimum absolute atomic E-state index is 0.139. The molecule has 1 fully saturated rings. The SMILES string of the molecule is Cc1cc(Nc2nn(CC(CC#N)C3CC3)c3cc[nH]c(=O)c23)ccc1C(O)C(F)(F)F. The summed E-state index contributed by atoms with van der Waals surface area (Å²) in [4.78, 5) is 15.1. The maximum Gasteiger partial charge on any atom is 0.418 e. The van der Waals surface area contributed by atoms with Crippen molar-refractivity contribution < 1.29 is 18.3 Å². The highest BCUT2D eigenvalue weighted by Crippen LogP contribution is 2.40. The van der Waals surface area contributed by atoms with Gasteiger partial charge in [-0.25, -0.2) is 0 Å². The number of pyridine rings is 1. The first-order valence-corrected chi connectivity index (χ1v) is 10.3. The quantitative estimate of drug-likeness (QED) is 0.502. The van der Waals surface area contributed by atoms with E-state index in [-0.39, 0.29) is 28.4 Å². The molecule has 2 unspecified atom stereocenters. The molecule has 1 saturated carbocycles. The minimum atomic E-state index is -4.76. The second-order valence-electron chi connectivity index (χ2n) is 8.20. The first kappa shape index (κ1) is 21.9. The Morgan fingerprint density at radius 3 is 2.75 bits per heavy atom. The summed E-state index contributed by atoms with van der Waals surface area (Å²) in [5.74, 6) is 0.889. The maximum atomic E-state index is 12.9. The van der Waals surface area contributed by atoms with Crippen molar-refractivity contribution in [3.63, 3.8) is 0 Å². The zero-order valence-corrected chi connectivity index (χ0v) is 17.3. The fraction of sp³-hybridized carbons (Fsp3) is 0.409. The van der Waals surface area contributed by atoms with Crippen LogP contribution in [-0.4, -0.2) is 26.0 Å². The summed E-state index contributed by atoms with van der Waals surface area (Å²) in [6, 6.07) is 8.03. The van der Waals surface area contributed by atoms with Gasteiger partial charge in [0.25, 0.3) is 5.56 Å². The van der Waals surface area contributed by atoms with Crippen molar-refractivity contribution in [1.82, 2.24) is 14.8 Å². The van der Waals surface area contributed by atoms with E-state index in [4.69, 9.17) is 5.26 Å². The number of benzene rings is 1. The molecule has 3 aromatic rings. The van der Waals surface area contributed by atoms with Gasteiger partial charge in [0.1, 0.15) is 5.39 Å². The maximum absolute atomic E-state index is 12.9. The molecular formula is C22H22F3N5O2. The summed E-state index contributed by atoms with van der Waals surface area (Å²) in [6.07, 6.45) is -3.25. The van der Waals surface area contributed by atoms with Crippen LogP contribution in [0.4, 0.5) is 24.7 Å². The number of nitriles is 1. The van der Waals surface area contributed by atoms with Crippen molar-refractivity contribution in [2.45, 2.75) is 45.0 Å². The molecule has 2 heterocycles. The Hall–Kier alpha value is -3.32. The number of alkyl halides is 3. The van der Waals surface area contributed by atoms with Crippen LogP contribution in [-0.2, 0) is 6.54 Å². The Balaban J connectivity index is 1.67. The zero-order chi connectivity index (χ0) is 23.0. The van der Waals surface area contributed by atoms with E-state index in [1.807, 2.05) is 0 Å². The number of aromatic amines is 1. The highest BCUT2D eigenvalue weighted by atomic mass is 19.4. The molecule has 2 aromatic heterocycles. The van der Waals surface area contributed by atoms with Gasteiger partial charge in [0, 0.05) is 24.8 Å². The molecule has 0 aliphatic heterocycles. The van der Waals surface area contributed by atoms with Gasteiger partial charge in [0.05, 0.1) is 11.6 Å². The lowest BCUT2D eigenvalue weighted by molar-refractivity contribution is -0.206. The minimum Gasteiger partial charge on any atom is -0.379 e. The van der Waals surface area contributed by atoms with Gasteiger partial charge < -0.3 is 15.4 Å². The third-order valence-electron chi connectivity index (χ3n) is 5.86. The monoisotopic (exact) mass is 445 g/mol. The molecular weight excluding hydrogens is 423 g/mol. The van der Waals surface area contributed by atoms with E-state index >= 15 is 0 Å². The van der Waals surface area contributed by atoms with E-state index in [2.05, 4.69) is 21.5 Å². The molecule has 1 aliphatic carbocycles. The lowest BCUT2D eigenvalue weighted by Crippen LogP contribution is -2.21. The number of aliphatic hydroxyl groups excluding tert-OH is 1. The topological polar surface area (TPSA) is 107 Å². The fourth-order valence-electron chi connectivity index (χ4n) is 4.02. The smallest absolute Gasteiger partial charge is 0.379 e. The fourth-order valence-corrected chi connectivity index (χ4v) is 4.02. The van der Waals surface area contributed by atoms with E-state index in [0.29, 0.717) is 35.5 Å². The highest BCUT2D eigenvalue weighted by Gasteiger charge is 2.40. The number of hydrogen-bond donors (Lipinski definition) is 3. The number of aromatic nitrogens is 3. The average Bonchev–Trinajstić information content (AvgIpc) is 3.51. The van der Waals surface area contributed by atoms with E-state index < -0.39 is 12.3 Å². The molecule has 1 aliphatic rings. The van der Waals surface area contributed by atoms with Gasteiger partial charge in [-0.2, -0.15) is 23.5 Å². The van der Waals surface area contributed by atoms with Crippen LogP contribution in [0.25, 0.3) is 10.9 Å². The number of anilines is 2. The van der Waals surface area contributed by atoms with Crippen molar-refractivity contribution >= 4 is 22.4 Å². The van der Waals surface area contributed by atoms with Gasteiger partial charge in [0.2, 0.25) is 0 Å². The molecule has 0 saturated heterocycles. The van der Waals surface area contributed by atoms with Crippen molar-refractivity contribution in [2.75, 3.05) is 5.32 Å². The molecule has 168 valence electrons. The normalized spacial score (nSPS) is 16.0. The van der Waals surface area contributed by atoms with Gasteiger partial charge in [-0.1, -0.05) is 6.07 Å². The molecule has 0 bridgehead atoms. The van der Waals surface area contributed by atoms with Gasteiger partial charge in [-0.05, 0) is 60.9 Å². The van der Waals surface area contributed by atoms with Crippen molar-refractivity contribution in [1.29, 1.82) is 5.26 Å². The number of nitrogens with zero attached hydrogens (tertiary/aromatic N) is 3. The van der Waals surface area contributed by atoms with Gasteiger partial charge in [0.15, 0.2) is 11.9 Å². The molecule has 0 spiro atoms. The van der Waals surface area contributed by atoms with Crippen LogP contribution in [0.5, 0.6) is 0 Å².